The van der Waals surface area contributed by atoms with Gasteiger partial charge in [-0.1, -0.05) is 48.0 Å². The van der Waals surface area contributed by atoms with Crippen LogP contribution in [-0.4, -0.2) is 69.1 Å². The van der Waals surface area contributed by atoms with Crippen LogP contribution >= 0.6 is 0 Å². The van der Waals surface area contributed by atoms with E-state index in [2.05, 4.69) is 10.00 Å². The summed E-state index contributed by atoms with van der Waals surface area (Å²) in [7, 11) is -3.12. The predicted molar refractivity (Wildman–Crippen MR) is 186 cm³/mol. The Bertz CT molecular complexity index is 2480. The number of pyridine rings is 2. The molecule has 1 saturated heterocycles. The molecule has 0 amide bonds. The number of hydrogen-bond donors (Lipinski definition) is 0. The summed E-state index contributed by atoms with van der Waals surface area (Å²) in [4.78, 5) is 29.8. The van der Waals surface area contributed by atoms with Crippen molar-refractivity contribution in [1.29, 1.82) is 0 Å². The van der Waals surface area contributed by atoms with E-state index in [-0.39, 0.29) is 37.3 Å². The molecule has 0 spiro atoms. The Morgan fingerprint density at radius 2 is 1.55 bits per heavy atom. The molecule has 0 atom stereocenters. The third-order valence-electron chi connectivity index (χ3n) is 9.05. The number of morpholine rings is 1. The van der Waals surface area contributed by atoms with Gasteiger partial charge in [0.05, 0.1) is 30.0 Å². The Balaban J connectivity index is 1.50. The van der Waals surface area contributed by atoms with Crippen molar-refractivity contribution in [2.75, 3.05) is 32.8 Å². The summed E-state index contributed by atoms with van der Waals surface area (Å²) in [6.07, 6.45) is -0.0421. The second-order valence-electron chi connectivity index (χ2n) is 12.4. The molecule has 51 heavy (non-hydrogen) atoms. The van der Waals surface area contributed by atoms with Crippen LogP contribution in [0.4, 0.5) is 13.2 Å². The van der Waals surface area contributed by atoms with E-state index < -0.39 is 21.9 Å². The number of rotatable bonds is 8. The van der Waals surface area contributed by atoms with Gasteiger partial charge in [-0.3, -0.25) is 14.5 Å². The number of nitrogens with zero attached hydrogens (tertiary/aromatic N) is 6. The number of fused-ring (bicyclic) bond motifs is 1. The summed E-state index contributed by atoms with van der Waals surface area (Å²) in [5.74, 6) is 0. The van der Waals surface area contributed by atoms with Crippen molar-refractivity contribution in [3.05, 3.63) is 118 Å². The fraction of sp³-hybridized carbons (Fsp3) is 0.250. The van der Waals surface area contributed by atoms with E-state index in [4.69, 9.17) is 4.74 Å². The summed E-state index contributed by atoms with van der Waals surface area (Å²) < 4.78 is 78.7. The Labute approximate surface area is 290 Å². The number of aromatic nitrogens is 5. The number of aryl methyl sites for hydroxylation is 2. The minimum absolute atomic E-state index is 0.131. The van der Waals surface area contributed by atoms with E-state index >= 15 is 0 Å². The van der Waals surface area contributed by atoms with Crippen LogP contribution < -0.4 is 11.1 Å². The molecule has 0 unspecified atom stereocenters. The third kappa shape index (κ3) is 6.43. The van der Waals surface area contributed by atoms with Crippen LogP contribution in [0.5, 0.6) is 0 Å². The lowest BCUT2D eigenvalue weighted by Crippen LogP contribution is -2.39. The Morgan fingerprint density at radius 1 is 0.843 bits per heavy atom. The van der Waals surface area contributed by atoms with Crippen molar-refractivity contribution in [3.8, 4) is 33.5 Å². The summed E-state index contributed by atoms with van der Waals surface area (Å²) in [6, 6.07) is 18.0. The number of hydrogen-bond acceptors (Lipinski definition) is 7. The van der Waals surface area contributed by atoms with E-state index in [1.807, 2.05) is 30.3 Å². The molecular formula is C36H33F3N6O5S. The van der Waals surface area contributed by atoms with Crippen LogP contribution in [-0.2, 0) is 34.7 Å². The molecule has 7 rings (SSSR count). The minimum Gasteiger partial charge on any atom is -0.379 e. The highest BCUT2D eigenvalue weighted by molar-refractivity contribution is 7.90. The molecule has 2 aromatic carbocycles. The summed E-state index contributed by atoms with van der Waals surface area (Å²) >= 11 is 0. The summed E-state index contributed by atoms with van der Waals surface area (Å²) in [5, 5.41) is 3.56. The molecule has 15 heteroatoms. The van der Waals surface area contributed by atoms with Gasteiger partial charge in [-0.05, 0) is 36.2 Å². The lowest BCUT2D eigenvalue weighted by molar-refractivity contribution is -0.212. The lowest BCUT2D eigenvalue weighted by atomic mass is 9.95. The largest absolute Gasteiger partial charge is 0.504 e. The maximum absolute atomic E-state index is 14.4. The highest BCUT2D eigenvalue weighted by Gasteiger charge is 2.34. The predicted octanol–water partition coefficient (Wildman–Crippen LogP) is 5.05. The van der Waals surface area contributed by atoms with Crippen molar-refractivity contribution >= 4 is 20.9 Å². The van der Waals surface area contributed by atoms with Gasteiger partial charge in [0, 0.05) is 80.0 Å². The SMILES string of the molecule is Cc1ccc(S(=O)(=O)n2c(-c3cnn(C(F)(F)F)c3)cc3c(-c4cc(=O)n(CCN5CCOCC5)cc4-c4ccccc4)cn(C)c(=O)c32)cc1. The Hall–Kier alpha value is -5.25. The van der Waals surface area contributed by atoms with Gasteiger partial charge in [-0.15, -0.1) is 13.2 Å². The quantitative estimate of drug-likeness (QED) is 0.217. The summed E-state index contributed by atoms with van der Waals surface area (Å²) in [6.45, 7) is 5.54. The van der Waals surface area contributed by atoms with Crippen molar-refractivity contribution in [3.63, 3.8) is 0 Å². The number of ether oxygens (including phenoxy) is 1. The topological polar surface area (TPSA) is 113 Å². The van der Waals surface area contributed by atoms with Crippen LogP contribution in [0.15, 0.2) is 106 Å². The zero-order valence-electron chi connectivity index (χ0n) is 27.7. The molecule has 0 bridgehead atoms. The first-order valence-corrected chi connectivity index (χ1v) is 17.6. The molecule has 5 heterocycles. The molecule has 0 N–H and O–H groups in total. The van der Waals surface area contributed by atoms with Crippen molar-refractivity contribution in [2.45, 2.75) is 24.7 Å². The first-order valence-electron chi connectivity index (χ1n) is 16.1. The van der Waals surface area contributed by atoms with E-state index in [9.17, 15) is 31.2 Å². The van der Waals surface area contributed by atoms with Gasteiger partial charge in [-0.2, -0.15) is 9.78 Å². The van der Waals surface area contributed by atoms with Gasteiger partial charge in [0.1, 0.15) is 5.52 Å². The molecular weight excluding hydrogens is 685 g/mol. The van der Waals surface area contributed by atoms with E-state index in [0.717, 1.165) is 34.4 Å². The molecule has 0 aliphatic carbocycles. The van der Waals surface area contributed by atoms with E-state index in [0.29, 0.717) is 49.2 Å². The average Bonchev–Trinajstić information content (AvgIpc) is 3.77. The molecule has 6 aromatic rings. The Kier molecular flexibility index (Phi) is 8.81. The molecule has 1 fully saturated rings. The maximum Gasteiger partial charge on any atom is 0.504 e. The second-order valence-corrected chi connectivity index (χ2v) is 14.2. The van der Waals surface area contributed by atoms with Gasteiger partial charge in [0.15, 0.2) is 0 Å². The number of alkyl halides is 3. The summed E-state index contributed by atoms with van der Waals surface area (Å²) in [5.41, 5.74) is 1.22. The lowest BCUT2D eigenvalue weighted by Gasteiger charge is -2.26. The normalized spacial score (nSPS) is 14.4. The van der Waals surface area contributed by atoms with Crippen LogP contribution in [0.25, 0.3) is 44.4 Å². The molecule has 4 aromatic heterocycles. The van der Waals surface area contributed by atoms with Gasteiger partial charge in [0.2, 0.25) is 0 Å². The molecule has 1 aliphatic heterocycles. The van der Waals surface area contributed by atoms with Crippen molar-refractivity contribution in [2.24, 2.45) is 7.05 Å². The highest BCUT2D eigenvalue weighted by atomic mass is 32.2. The van der Waals surface area contributed by atoms with Gasteiger partial charge < -0.3 is 13.9 Å². The van der Waals surface area contributed by atoms with Crippen LogP contribution in [0, 0.1) is 6.92 Å². The smallest absolute Gasteiger partial charge is 0.379 e. The molecule has 264 valence electrons. The average molecular weight is 719 g/mol. The zero-order chi connectivity index (χ0) is 36.1. The maximum atomic E-state index is 14.4. The standard InChI is InChI=1S/C36H33F3N6O5S/c1-24-8-10-27(11-9-24)51(48,49)45-32(26-20-40-44(21-26)36(37,38)39)18-29-31(22-41(2)35(47)34(29)45)28-19-33(46)43(13-12-42-14-16-50-17-15-42)23-30(28)25-6-4-3-5-7-25/h3-11,18-23H,12-17H2,1-2H3. The molecule has 11 nitrogen and oxygen atoms in total. The monoisotopic (exact) mass is 718 g/mol. The van der Waals surface area contributed by atoms with Gasteiger partial charge in [0.25, 0.3) is 21.1 Å². The number of benzene rings is 2. The molecule has 1 aliphatic rings. The fourth-order valence-corrected chi connectivity index (χ4v) is 7.88. The second kappa shape index (κ2) is 13.1. The van der Waals surface area contributed by atoms with Crippen LogP contribution in [0.3, 0.4) is 0 Å². The molecule has 0 radical (unpaired) electrons. The van der Waals surface area contributed by atoms with Crippen molar-refractivity contribution in [1.82, 2.24) is 27.8 Å². The molecule has 0 saturated carbocycles. The van der Waals surface area contributed by atoms with Crippen LogP contribution in [0.1, 0.15) is 5.56 Å². The zero-order valence-corrected chi connectivity index (χ0v) is 28.5. The first-order chi connectivity index (χ1) is 24.3. The third-order valence-corrected chi connectivity index (χ3v) is 10.8. The van der Waals surface area contributed by atoms with Gasteiger partial charge >= 0.3 is 6.30 Å². The first kappa shape index (κ1) is 34.2. The van der Waals surface area contributed by atoms with E-state index in [1.54, 1.807) is 29.8 Å². The van der Waals surface area contributed by atoms with E-state index in [1.165, 1.54) is 42.1 Å². The fourth-order valence-electron chi connectivity index (χ4n) is 6.36. The van der Waals surface area contributed by atoms with Crippen molar-refractivity contribution < 1.29 is 26.3 Å². The minimum atomic E-state index is -4.87. The highest BCUT2D eigenvalue weighted by Crippen LogP contribution is 2.39. The van der Waals surface area contributed by atoms with Crippen LogP contribution in [0.2, 0.25) is 0 Å². The van der Waals surface area contributed by atoms with Gasteiger partial charge in [-0.25, -0.2) is 12.4 Å². The Morgan fingerprint density at radius 3 is 2.22 bits per heavy atom. The number of halogens is 3.